The van der Waals surface area contributed by atoms with E-state index >= 15 is 0 Å². The Labute approximate surface area is 198 Å². The molecule has 4 saturated carbocycles. The topological polar surface area (TPSA) is 0 Å². The molecule has 0 radical (unpaired) electrons. The molecule has 1 aromatic rings. The molecule has 176 valence electrons. The van der Waals surface area contributed by atoms with Crippen LogP contribution in [0.5, 0.6) is 0 Å². The standard InChI is InChI=1S/C32H48/c1-6-26(23-10-8-7-9-11-23)22(2)20-25-13-15-30-29-14-12-24-21-31(3,4)18-16-27(24)28(29)17-19-32(25,30)5/h6-11,22,24-25,27-30H,12-21H2,1-5H3/b26-6+/t22-,24?,25?,27-,28+,29?,30-,32+/m0/s1. The number of hydrogen-bond donors (Lipinski definition) is 0. The molecule has 4 aliphatic carbocycles. The van der Waals surface area contributed by atoms with Gasteiger partial charge in [-0.3, -0.25) is 0 Å². The summed E-state index contributed by atoms with van der Waals surface area (Å²) in [7, 11) is 0. The lowest BCUT2D eigenvalue weighted by atomic mass is 9.48. The monoisotopic (exact) mass is 432 g/mol. The number of fused-ring (bicyclic) bond motifs is 5. The summed E-state index contributed by atoms with van der Waals surface area (Å²) >= 11 is 0. The van der Waals surface area contributed by atoms with Crippen molar-refractivity contribution in [1.82, 2.24) is 0 Å². The molecule has 0 saturated heterocycles. The van der Waals surface area contributed by atoms with Crippen LogP contribution in [0.4, 0.5) is 0 Å². The molecule has 0 amide bonds. The lowest BCUT2D eigenvalue weighted by Gasteiger charge is -2.57. The van der Waals surface area contributed by atoms with Crippen LogP contribution in [0, 0.1) is 52.3 Å². The van der Waals surface area contributed by atoms with Gasteiger partial charge in [-0.2, -0.15) is 0 Å². The van der Waals surface area contributed by atoms with E-state index in [1.807, 2.05) is 0 Å². The minimum atomic E-state index is 0.603. The van der Waals surface area contributed by atoms with Gasteiger partial charge in [-0.1, -0.05) is 64.1 Å². The second kappa shape index (κ2) is 8.63. The molecular formula is C32H48. The van der Waals surface area contributed by atoms with E-state index < -0.39 is 0 Å². The first-order valence-corrected chi connectivity index (χ1v) is 14.0. The molecule has 0 aromatic heterocycles. The minimum Gasteiger partial charge on any atom is -0.0836 e. The van der Waals surface area contributed by atoms with Gasteiger partial charge < -0.3 is 0 Å². The largest absolute Gasteiger partial charge is 0.0836 e. The fourth-order valence-corrected chi connectivity index (χ4v) is 9.72. The fraction of sp³-hybridized carbons (Fsp3) is 0.750. The molecule has 0 heterocycles. The van der Waals surface area contributed by atoms with Crippen molar-refractivity contribution < 1.29 is 0 Å². The number of rotatable bonds is 4. The summed E-state index contributed by atoms with van der Waals surface area (Å²) in [5.41, 5.74) is 4.21. The highest BCUT2D eigenvalue weighted by molar-refractivity contribution is 5.66. The van der Waals surface area contributed by atoms with Crippen molar-refractivity contribution in [2.45, 2.75) is 98.8 Å². The van der Waals surface area contributed by atoms with Crippen LogP contribution < -0.4 is 0 Å². The Bertz CT molecular complexity index is 816. The Morgan fingerprint density at radius 3 is 2.41 bits per heavy atom. The number of hydrogen-bond acceptors (Lipinski definition) is 0. The van der Waals surface area contributed by atoms with E-state index in [4.69, 9.17) is 0 Å². The molecule has 32 heavy (non-hydrogen) atoms. The highest BCUT2D eigenvalue weighted by Crippen LogP contribution is 2.66. The second-order valence-corrected chi connectivity index (χ2v) is 13.4. The van der Waals surface area contributed by atoms with E-state index in [9.17, 15) is 0 Å². The first-order valence-electron chi connectivity index (χ1n) is 14.0. The molecule has 8 atom stereocenters. The van der Waals surface area contributed by atoms with E-state index in [0.717, 1.165) is 35.5 Å². The van der Waals surface area contributed by atoms with Crippen molar-refractivity contribution in [3.8, 4) is 0 Å². The third-order valence-electron chi connectivity index (χ3n) is 11.3. The van der Waals surface area contributed by atoms with Gasteiger partial charge in [-0.25, -0.2) is 0 Å². The fourth-order valence-electron chi connectivity index (χ4n) is 9.72. The molecule has 1 aromatic carbocycles. The maximum Gasteiger partial charge on any atom is -0.0185 e. The molecule has 0 aliphatic heterocycles. The lowest BCUT2D eigenvalue weighted by molar-refractivity contribution is -0.0770. The van der Waals surface area contributed by atoms with Crippen LogP contribution in [0.2, 0.25) is 0 Å². The van der Waals surface area contributed by atoms with Crippen LogP contribution >= 0.6 is 0 Å². The van der Waals surface area contributed by atoms with Gasteiger partial charge in [0.15, 0.2) is 0 Å². The third-order valence-corrected chi connectivity index (χ3v) is 11.3. The van der Waals surface area contributed by atoms with Gasteiger partial charge >= 0.3 is 0 Å². The Hall–Kier alpha value is -1.04. The summed E-state index contributed by atoms with van der Waals surface area (Å²) in [6.07, 6.45) is 17.4. The van der Waals surface area contributed by atoms with Gasteiger partial charge in [0.1, 0.15) is 0 Å². The molecule has 5 rings (SSSR count). The van der Waals surface area contributed by atoms with Crippen molar-refractivity contribution in [1.29, 1.82) is 0 Å². The molecule has 4 fully saturated rings. The molecule has 0 nitrogen and oxygen atoms in total. The first kappa shape index (κ1) is 22.7. The smallest absolute Gasteiger partial charge is 0.0185 e. The van der Waals surface area contributed by atoms with Crippen LogP contribution in [-0.4, -0.2) is 0 Å². The van der Waals surface area contributed by atoms with Gasteiger partial charge in [-0.15, -0.1) is 0 Å². The van der Waals surface area contributed by atoms with Crippen LogP contribution in [0.25, 0.3) is 5.57 Å². The van der Waals surface area contributed by atoms with Crippen molar-refractivity contribution in [2.24, 2.45) is 52.3 Å². The summed E-state index contributed by atoms with van der Waals surface area (Å²) in [5.74, 6) is 6.82. The summed E-state index contributed by atoms with van der Waals surface area (Å²) in [6, 6.07) is 11.1. The van der Waals surface area contributed by atoms with Gasteiger partial charge in [-0.05, 0) is 135 Å². The van der Waals surface area contributed by atoms with Crippen molar-refractivity contribution in [3.05, 3.63) is 42.0 Å². The van der Waals surface area contributed by atoms with E-state index in [2.05, 4.69) is 71.0 Å². The summed E-state index contributed by atoms with van der Waals surface area (Å²) in [4.78, 5) is 0. The van der Waals surface area contributed by atoms with Gasteiger partial charge in [0.05, 0.1) is 0 Å². The predicted molar refractivity (Wildman–Crippen MR) is 138 cm³/mol. The van der Waals surface area contributed by atoms with Crippen LogP contribution in [0.1, 0.15) is 104 Å². The number of allylic oxidation sites excluding steroid dienone is 2. The average molecular weight is 433 g/mol. The van der Waals surface area contributed by atoms with Crippen molar-refractivity contribution in [2.75, 3.05) is 0 Å². The van der Waals surface area contributed by atoms with Crippen LogP contribution in [0.3, 0.4) is 0 Å². The SMILES string of the molecule is C/C=C(/c1ccccc1)[C@@H](C)CC1CC[C@H]2C3CCC4CC(C)(C)CC[C@@H]4[C@H]3CC[C@]12C. The zero-order valence-corrected chi connectivity index (χ0v) is 21.6. The normalized spacial score (nSPS) is 42.0. The highest BCUT2D eigenvalue weighted by atomic mass is 14.6. The molecule has 3 unspecified atom stereocenters. The summed E-state index contributed by atoms with van der Waals surface area (Å²) in [5, 5.41) is 0. The van der Waals surface area contributed by atoms with E-state index in [1.165, 1.54) is 50.5 Å². The Morgan fingerprint density at radius 2 is 1.66 bits per heavy atom. The van der Waals surface area contributed by atoms with Gasteiger partial charge in [0.25, 0.3) is 0 Å². The third kappa shape index (κ3) is 3.92. The second-order valence-electron chi connectivity index (χ2n) is 13.4. The predicted octanol–water partition coefficient (Wildman–Crippen LogP) is 9.41. The Kier molecular flexibility index (Phi) is 6.13. The highest BCUT2D eigenvalue weighted by Gasteiger charge is 2.57. The maximum atomic E-state index is 2.73. The summed E-state index contributed by atoms with van der Waals surface area (Å²) in [6.45, 7) is 12.5. The zero-order valence-electron chi connectivity index (χ0n) is 21.6. The Morgan fingerprint density at radius 1 is 0.906 bits per heavy atom. The van der Waals surface area contributed by atoms with E-state index in [1.54, 1.807) is 24.8 Å². The molecule has 0 bridgehead atoms. The first-order chi connectivity index (χ1) is 15.3. The summed E-state index contributed by atoms with van der Waals surface area (Å²) < 4.78 is 0. The average Bonchev–Trinajstić information content (AvgIpc) is 3.10. The minimum absolute atomic E-state index is 0.603. The van der Waals surface area contributed by atoms with Gasteiger partial charge in [0, 0.05) is 0 Å². The molecule has 0 heteroatoms. The molecule has 4 aliphatic rings. The zero-order chi connectivity index (χ0) is 22.5. The lowest BCUT2D eigenvalue weighted by Crippen LogP contribution is -2.49. The van der Waals surface area contributed by atoms with Crippen molar-refractivity contribution >= 4 is 5.57 Å². The van der Waals surface area contributed by atoms with E-state index in [-0.39, 0.29) is 0 Å². The van der Waals surface area contributed by atoms with Gasteiger partial charge in [0.2, 0.25) is 0 Å². The molecule has 0 N–H and O–H groups in total. The van der Waals surface area contributed by atoms with Crippen molar-refractivity contribution in [3.63, 3.8) is 0 Å². The van der Waals surface area contributed by atoms with E-state index in [0.29, 0.717) is 16.7 Å². The Balaban J connectivity index is 1.29. The number of benzene rings is 1. The molecule has 0 spiro atoms. The molecular weight excluding hydrogens is 384 g/mol. The van der Waals surface area contributed by atoms with Crippen LogP contribution in [-0.2, 0) is 0 Å². The quantitative estimate of drug-likeness (QED) is 0.444. The van der Waals surface area contributed by atoms with Crippen LogP contribution in [0.15, 0.2) is 36.4 Å². The maximum absolute atomic E-state index is 2.73.